The molecule has 0 aliphatic heterocycles. The Kier molecular flexibility index (Phi) is 3.10. The molecule has 0 radical (unpaired) electrons. The van der Waals surface area contributed by atoms with E-state index in [1.165, 1.54) is 0 Å². The number of imidazole rings is 1. The Balaban J connectivity index is 2.37. The molecule has 0 atom stereocenters. The lowest BCUT2D eigenvalue weighted by molar-refractivity contribution is 0.754. The normalized spacial score (nSPS) is 9.94. The first-order chi connectivity index (χ1) is 8.26. The molecule has 0 amide bonds. The van der Waals surface area contributed by atoms with Crippen molar-refractivity contribution >= 4 is 11.6 Å². The molecule has 4 heteroatoms. The average molecular weight is 226 g/mol. The van der Waals surface area contributed by atoms with Crippen molar-refractivity contribution in [3.8, 4) is 6.07 Å². The molecule has 0 unspecified atom stereocenters. The molecule has 0 spiro atoms. The van der Waals surface area contributed by atoms with Gasteiger partial charge in [-0.2, -0.15) is 5.26 Å². The molecule has 0 N–H and O–H groups in total. The Hall–Kier alpha value is -2.28. The average Bonchev–Trinajstić information content (AvgIpc) is 2.86. The number of nitriles is 1. The van der Waals surface area contributed by atoms with E-state index < -0.39 is 0 Å². The Morgan fingerprint density at radius 3 is 3.00 bits per heavy atom. The van der Waals surface area contributed by atoms with E-state index in [0.717, 1.165) is 18.2 Å². The molecule has 4 nitrogen and oxygen atoms in total. The third kappa shape index (κ3) is 2.13. The van der Waals surface area contributed by atoms with Gasteiger partial charge in [0.05, 0.1) is 11.6 Å². The van der Waals surface area contributed by atoms with E-state index in [9.17, 15) is 0 Å². The van der Waals surface area contributed by atoms with Crippen molar-refractivity contribution < 1.29 is 0 Å². The molecule has 17 heavy (non-hydrogen) atoms. The molecule has 1 heterocycles. The second kappa shape index (κ2) is 4.71. The van der Waals surface area contributed by atoms with Crippen LogP contribution in [0.5, 0.6) is 0 Å². The Morgan fingerprint density at radius 2 is 2.29 bits per heavy atom. The summed E-state index contributed by atoms with van der Waals surface area (Å²) in [6.07, 6.45) is 3.73. The zero-order valence-corrected chi connectivity index (χ0v) is 9.96. The van der Waals surface area contributed by atoms with Gasteiger partial charge in [0, 0.05) is 31.7 Å². The number of aromatic nitrogens is 2. The fraction of sp³-hybridized carbons (Fsp3) is 0.231. The highest BCUT2D eigenvalue weighted by Crippen LogP contribution is 2.22. The first-order valence-electron chi connectivity index (χ1n) is 5.51. The number of anilines is 2. The minimum atomic E-state index is 0.656. The Labute approximate surface area is 101 Å². The van der Waals surface area contributed by atoms with Gasteiger partial charge in [0.25, 0.3) is 0 Å². The van der Waals surface area contributed by atoms with Gasteiger partial charge in [-0.05, 0) is 25.1 Å². The summed E-state index contributed by atoms with van der Waals surface area (Å²) in [6.45, 7) is 2.95. The summed E-state index contributed by atoms with van der Waals surface area (Å²) in [5.74, 6) is 0.877. The molecule has 1 aromatic heterocycles. The van der Waals surface area contributed by atoms with Crippen molar-refractivity contribution in [3.63, 3.8) is 0 Å². The SMILES string of the molecule is CCn1ccnc1N(C)c1cccc(C#N)c1. The molecule has 86 valence electrons. The summed E-state index contributed by atoms with van der Waals surface area (Å²) < 4.78 is 2.05. The number of nitrogens with zero attached hydrogens (tertiary/aromatic N) is 4. The molecule has 0 aliphatic rings. The summed E-state index contributed by atoms with van der Waals surface area (Å²) in [6, 6.07) is 9.64. The lowest BCUT2D eigenvalue weighted by Gasteiger charge is -2.19. The molecule has 0 saturated heterocycles. The van der Waals surface area contributed by atoms with Crippen molar-refractivity contribution in [3.05, 3.63) is 42.2 Å². The van der Waals surface area contributed by atoms with E-state index in [2.05, 4.69) is 22.5 Å². The van der Waals surface area contributed by atoms with Crippen LogP contribution in [0.15, 0.2) is 36.7 Å². The Morgan fingerprint density at radius 1 is 1.47 bits per heavy atom. The largest absolute Gasteiger partial charge is 0.317 e. The van der Waals surface area contributed by atoms with Gasteiger partial charge < -0.3 is 9.47 Å². The van der Waals surface area contributed by atoms with Gasteiger partial charge >= 0.3 is 0 Å². The Bertz CT molecular complexity index is 551. The maximum Gasteiger partial charge on any atom is 0.209 e. The van der Waals surface area contributed by atoms with Crippen LogP contribution in [-0.4, -0.2) is 16.6 Å². The predicted octanol–water partition coefficient (Wildman–Crippen LogP) is 2.54. The third-order valence-corrected chi connectivity index (χ3v) is 2.70. The number of aryl methyl sites for hydroxylation is 1. The van der Waals surface area contributed by atoms with Gasteiger partial charge in [0.2, 0.25) is 5.95 Å². The van der Waals surface area contributed by atoms with E-state index in [1.54, 1.807) is 12.3 Å². The first-order valence-corrected chi connectivity index (χ1v) is 5.51. The summed E-state index contributed by atoms with van der Waals surface area (Å²) >= 11 is 0. The predicted molar refractivity (Wildman–Crippen MR) is 67.1 cm³/mol. The van der Waals surface area contributed by atoms with Gasteiger partial charge in [-0.1, -0.05) is 6.07 Å². The van der Waals surface area contributed by atoms with Crippen molar-refractivity contribution in [2.75, 3.05) is 11.9 Å². The van der Waals surface area contributed by atoms with Crippen molar-refractivity contribution in [1.29, 1.82) is 5.26 Å². The van der Waals surface area contributed by atoms with Crippen LogP contribution in [0.2, 0.25) is 0 Å². The van der Waals surface area contributed by atoms with Crippen LogP contribution in [0.25, 0.3) is 0 Å². The zero-order valence-electron chi connectivity index (χ0n) is 9.96. The second-order valence-electron chi connectivity index (χ2n) is 3.73. The van der Waals surface area contributed by atoms with Crippen LogP contribution in [0.4, 0.5) is 11.6 Å². The summed E-state index contributed by atoms with van der Waals surface area (Å²) in [4.78, 5) is 6.30. The quantitative estimate of drug-likeness (QED) is 0.807. The van der Waals surface area contributed by atoms with Gasteiger partial charge in [-0.25, -0.2) is 4.98 Å². The van der Waals surface area contributed by atoms with Crippen LogP contribution in [-0.2, 0) is 6.54 Å². The van der Waals surface area contributed by atoms with Gasteiger partial charge in [0.15, 0.2) is 0 Å². The standard InChI is InChI=1S/C13H14N4/c1-3-17-8-7-15-13(17)16(2)12-6-4-5-11(9-12)10-14/h4-9H,3H2,1-2H3. The monoisotopic (exact) mass is 226 g/mol. The van der Waals surface area contributed by atoms with Crippen LogP contribution in [0.3, 0.4) is 0 Å². The van der Waals surface area contributed by atoms with E-state index in [0.29, 0.717) is 5.56 Å². The lowest BCUT2D eigenvalue weighted by atomic mass is 10.2. The molecular formula is C13H14N4. The van der Waals surface area contributed by atoms with Crippen LogP contribution >= 0.6 is 0 Å². The number of hydrogen-bond acceptors (Lipinski definition) is 3. The lowest BCUT2D eigenvalue weighted by Crippen LogP contribution is -2.15. The highest BCUT2D eigenvalue weighted by molar-refractivity contribution is 5.59. The fourth-order valence-electron chi connectivity index (χ4n) is 1.75. The highest BCUT2D eigenvalue weighted by atomic mass is 15.3. The molecule has 2 aromatic rings. The van der Waals surface area contributed by atoms with Gasteiger partial charge in [-0.3, -0.25) is 0 Å². The van der Waals surface area contributed by atoms with Crippen LogP contribution < -0.4 is 4.90 Å². The molecule has 0 aliphatic carbocycles. The summed E-state index contributed by atoms with van der Waals surface area (Å²) in [5.41, 5.74) is 1.62. The number of hydrogen-bond donors (Lipinski definition) is 0. The van der Waals surface area contributed by atoms with Crippen LogP contribution in [0, 0.1) is 11.3 Å². The zero-order chi connectivity index (χ0) is 12.3. The van der Waals surface area contributed by atoms with Gasteiger partial charge in [0.1, 0.15) is 0 Å². The minimum absolute atomic E-state index is 0.656. The highest BCUT2D eigenvalue weighted by Gasteiger charge is 2.09. The smallest absolute Gasteiger partial charge is 0.209 e. The number of rotatable bonds is 3. The first kappa shape index (κ1) is 11.2. The van der Waals surface area contributed by atoms with Crippen LogP contribution in [0.1, 0.15) is 12.5 Å². The molecule has 2 rings (SSSR count). The number of benzene rings is 1. The summed E-state index contributed by atoms with van der Waals surface area (Å²) in [7, 11) is 1.95. The van der Waals surface area contributed by atoms with Crippen molar-refractivity contribution in [2.24, 2.45) is 0 Å². The van der Waals surface area contributed by atoms with E-state index in [4.69, 9.17) is 5.26 Å². The van der Waals surface area contributed by atoms with Crippen molar-refractivity contribution in [2.45, 2.75) is 13.5 Å². The molecule has 0 bridgehead atoms. The maximum atomic E-state index is 8.89. The van der Waals surface area contributed by atoms with E-state index >= 15 is 0 Å². The second-order valence-corrected chi connectivity index (χ2v) is 3.73. The summed E-state index contributed by atoms with van der Waals surface area (Å²) in [5, 5.41) is 8.89. The molecule has 1 aromatic carbocycles. The minimum Gasteiger partial charge on any atom is -0.317 e. The van der Waals surface area contributed by atoms with Crippen molar-refractivity contribution in [1.82, 2.24) is 9.55 Å². The van der Waals surface area contributed by atoms with E-state index in [1.807, 2.05) is 36.3 Å². The molecule has 0 fully saturated rings. The topological polar surface area (TPSA) is 44.9 Å². The molecule has 0 saturated carbocycles. The fourth-order valence-corrected chi connectivity index (χ4v) is 1.75. The maximum absolute atomic E-state index is 8.89. The van der Waals surface area contributed by atoms with Gasteiger partial charge in [-0.15, -0.1) is 0 Å². The third-order valence-electron chi connectivity index (χ3n) is 2.70. The molecular weight excluding hydrogens is 212 g/mol. The van der Waals surface area contributed by atoms with E-state index in [-0.39, 0.29) is 0 Å².